The molecule has 0 saturated heterocycles. The molecule has 0 aliphatic carbocycles. The van der Waals surface area contributed by atoms with Crippen molar-refractivity contribution >= 4 is 65.4 Å². The monoisotopic (exact) mass is 652 g/mol. The Morgan fingerprint density at radius 2 is 1.12 bits per heavy atom. The summed E-state index contributed by atoms with van der Waals surface area (Å²) in [6, 6.07) is 14.2. The molecule has 232 valence electrons. The molecule has 3 heterocycles. The van der Waals surface area contributed by atoms with Crippen LogP contribution >= 0.6 is 0 Å². The Morgan fingerprint density at radius 3 is 1.84 bits per heavy atom. The number of para-hydroxylation sites is 1. The minimum atomic E-state index is -0.596. The Hall–Kier alpha value is -6.78. The molecule has 0 amide bonds. The minimum absolute atomic E-state index is 0.00599. The molecule has 4 heteroatoms. The van der Waals surface area contributed by atoms with Gasteiger partial charge in [-0.05, 0) is 75.1 Å². The predicted molar refractivity (Wildman–Crippen MR) is 206 cm³/mol. The Balaban J connectivity index is 1.22. The van der Waals surface area contributed by atoms with E-state index in [0.717, 1.165) is 32.3 Å². The molecule has 0 bridgehead atoms. The van der Waals surface area contributed by atoms with Gasteiger partial charge in [0.05, 0.1) is 31.6 Å². The van der Waals surface area contributed by atoms with Gasteiger partial charge in [0.2, 0.25) is 0 Å². The molecule has 50 heavy (non-hydrogen) atoms. The van der Waals surface area contributed by atoms with Crippen LogP contribution in [0.2, 0.25) is 0 Å². The Bertz CT molecular complexity index is 3890. The van der Waals surface area contributed by atoms with Crippen LogP contribution in [0.1, 0.15) is 20.6 Å². The number of benzene rings is 8. The van der Waals surface area contributed by atoms with Crippen molar-refractivity contribution in [1.29, 1.82) is 0 Å². The lowest BCUT2D eigenvalue weighted by molar-refractivity contribution is 0.667. The number of hydrogen-bond acceptors (Lipinski definition) is 3. The van der Waals surface area contributed by atoms with Gasteiger partial charge in [0.15, 0.2) is 11.4 Å². The van der Waals surface area contributed by atoms with Crippen molar-refractivity contribution in [2.45, 2.75) is 0 Å². The highest BCUT2D eigenvalue weighted by Crippen LogP contribution is 2.45. The fourth-order valence-electron chi connectivity index (χ4n) is 7.15. The van der Waals surface area contributed by atoms with Gasteiger partial charge in [-0.1, -0.05) is 121 Å². The molecule has 11 aromatic rings. The molecule has 0 aliphatic rings. The van der Waals surface area contributed by atoms with Crippen molar-refractivity contribution in [2.24, 2.45) is 0 Å². The molecule has 0 radical (unpaired) electrons. The lowest BCUT2D eigenvalue weighted by Gasteiger charge is -2.11. The van der Waals surface area contributed by atoms with Crippen LogP contribution in [-0.2, 0) is 0 Å². The molecular formula is C46H27N3O. The van der Waals surface area contributed by atoms with Crippen molar-refractivity contribution < 1.29 is 25.0 Å². The van der Waals surface area contributed by atoms with E-state index in [1.54, 1.807) is 28.8 Å². The van der Waals surface area contributed by atoms with E-state index in [4.69, 9.17) is 34.9 Å². The second kappa shape index (κ2) is 10.4. The second-order valence-electron chi connectivity index (χ2n) is 11.9. The number of hydrogen-bond donors (Lipinski definition) is 0. The lowest BCUT2D eigenvalue weighted by Crippen LogP contribution is -1.94. The van der Waals surface area contributed by atoms with E-state index < -0.39 is 78.6 Å². The highest BCUT2D eigenvalue weighted by atomic mass is 16.3. The average Bonchev–Trinajstić information content (AvgIpc) is 3.86. The first kappa shape index (κ1) is 16.6. The molecule has 4 nitrogen and oxygen atoms in total. The first-order valence-corrected chi connectivity index (χ1v) is 15.7. The summed E-state index contributed by atoms with van der Waals surface area (Å²) in [7, 11) is 0. The molecule has 0 spiro atoms. The van der Waals surface area contributed by atoms with Crippen LogP contribution in [0.15, 0.2) is 168 Å². The molecular weight excluding hydrogens is 611 g/mol. The van der Waals surface area contributed by atoms with Gasteiger partial charge in [-0.3, -0.25) is 0 Å². The van der Waals surface area contributed by atoms with Crippen LogP contribution in [0.5, 0.6) is 0 Å². The third-order valence-electron chi connectivity index (χ3n) is 9.22. The van der Waals surface area contributed by atoms with Gasteiger partial charge in [0.1, 0.15) is 16.8 Å². The SMILES string of the molecule is [2H]c1c([2H])c([2H])c(-c2ccc3oc4c(-c5c([2H])c([2H])c([2H])c([2H])c5[2H])nc(-c5ccc6c(c5)c5cccc7c5c5c6cccc5n7-c5c([2H])c([2H])c([2H])c([2H])c5[2H])nc4c3c2)c([2H])c1[2H]. The summed E-state index contributed by atoms with van der Waals surface area (Å²) in [5, 5.41) is 5.13. The molecule has 0 aliphatic heterocycles. The second-order valence-corrected chi connectivity index (χ2v) is 11.9. The van der Waals surface area contributed by atoms with E-state index in [1.165, 1.54) is 0 Å². The number of furan rings is 1. The van der Waals surface area contributed by atoms with Gasteiger partial charge in [0, 0.05) is 33.0 Å². The summed E-state index contributed by atoms with van der Waals surface area (Å²) in [6.45, 7) is 0. The summed E-state index contributed by atoms with van der Waals surface area (Å²) in [5.41, 5.74) is 2.04. The maximum Gasteiger partial charge on any atom is 0.180 e. The standard InChI is InChI=1S/C46H27N3O/c1-4-12-28(13-5-1)30-23-25-40-37(26-30)44-45(50-40)43(29-14-6-2-7-15-29)47-46(48-44)31-22-24-33-34-18-10-20-38-41(34)42-35(36(33)27-31)19-11-21-39(42)49(38)32-16-8-3-9-17-32/h1-27H/i1D,2D,3D,4D,5D,6D,7D,8D,9D,12D,13D,14D,15D,16D,17D. The van der Waals surface area contributed by atoms with Crippen LogP contribution in [-0.4, -0.2) is 14.5 Å². The van der Waals surface area contributed by atoms with Crippen molar-refractivity contribution in [2.75, 3.05) is 0 Å². The fourth-order valence-corrected chi connectivity index (χ4v) is 7.15. The summed E-state index contributed by atoms with van der Waals surface area (Å²) in [5.74, 6) is 0.0888. The van der Waals surface area contributed by atoms with Gasteiger partial charge in [-0.15, -0.1) is 0 Å². The lowest BCUT2D eigenvalue weighted by atomic mass is 9.93. The Morgan fingerprint density at radius 1 is 0.500 bits per heavy atom. The third-order valence-corrected chi connectivity index (χ3v) is 9.22. The Labute approximate surface area is 307 Å². The van der Waals surface area contributed by atoms with Crippen LogP contribution in [0.4, 0.5) is 0 Å². The molecule has 0 saturated carbocycles. The van der Waals surface area contributed by atoms with Crippen LogP contribution in [0.3, 0.4) is 0 Å². The van der Waals surface area contributed by atoms with E-state index in [1.807, 2.05) is 48.5 Å². The number of rotatable bonds is 4. The quantitative estimate of drug-likeness (QED) is 0.178. The first-order valence-electron chi connectivity index (χ1n) is 23.2. The average molecular weight is 653 g/mol. The summed E-state index contributed by atoms with van der Waals surface area (Å²) < 4.78 is 136. The highest BCUT2D eigenvalue weighted by Gasteiger charge is 2.22. The van der Waals surface area contributed by atoms with E-state index in [2.05, 4.69) is 0 Å². The largest absolute Gasteiger partial charge is 0.452 e. The molecule has 11 rings (SSSR count). The van der Waals surface area contributed by atoms with Gasteiger partial charge in [0.25, 0.3) is 0 Å². The fraction of sp³-hybridized carbons (Fsp3) is 0. The molecule has 0 N–H and O–H groups in total. The minimum Gasteiger partial charge on any atom is -0.452 e. The van der Waals surface area contributed by atoms with Crippen LogP contribution in [0, 0.1) is 0 Å². The molecule has 0 unspecified atom stereocenters. The smallest absolute Gasteiger partial charge is 0.180 e. The highest BCUT2D eigenvalue weighted by molar-refractivity contribution is 6.34. The topological polar surface area (TPSA) is 43.9 Å². The summed E-state index contributed by atoms with van der Waals surface area (Å²) in [6.07, 6.45) is 0. The predicted octanol–water partition coefficient (Wildman–Crippen LogP) is 12.2. The number of fused-ring (bicyclic) bond motifs is 6. The maximum absolute atomic E-state index is 8.92. The Kier molecular flexibility index (Phi) is 3.43. The zero-order chi connectivity index (χ0) is 45.8. The summed E-state index contributed by atoms with van der Waals surface area (Å²) in [4.78, 5) is 9.87. The van der Waals surface area contributed by atoms with Crippen molar-refractivity contribution in [3.05, 3.63) is 163 Å². The number of nitrogens with zero attached hydrogens (tertiary/aromatic N) is 3. The molecule has 0 atom stereocenters. The summed E-state index contributed by atoms with van der Waals surface area (Å²) >= 11 is 0. The molecule has 3 aromatic heterocycles. The van der Waals surface area contributed by atoms with Crippen LogP contribution in [0.25, 0.3) is 105 Å². The van der Waals surface area contributed by atoms with Crippen molar-refractivity contribution in [1.82, 2.24) is 14.5 Å². The van der Waals surface area contributed by atoms with E-state index in [9.17, 15) is 0 Å². The third kappa shape index (κ3) is 3.87. The molecule has 8 aromatic carbocycles. The first-order chi connectivity index (χ1) is 31.0. The van der Waals surface area contributed by atoms with E-state index in [0.29, 0.717) is 22.0 Å². The van der Waals surface area contributed by atoms with Crippen LogP contribution < -0.4 is 0 Å². The van der Waals surface area contributed by atoms with Gasteiger partial charge in [-0.2, -0.15) is 0 Å². The zero-order valence-corrected chi connectivity index (χ0v) is 25.7. The van der Waals surface area contributed by atoms with Gasteiger partial charge < -0.3 is 8.98 Å². The van der Waals surface area contributed by atoms with Gasteiger partial charge >= 0.3 is 0 Å². The van der Waals surface area contributed by atoms with Gasteiger partial charge in [-0.25, -0.2) is 9.97 Å². The number of aromatic nitrogens is 3. The maximum atomic E-state index is 8.92. The normalized spacial score (nSPS) is 16.2. The van der Waals surface area contributed by atoms with E-state index in [-0.39, 0.29) is 62.7 Å². The zero-order valence-electron chi connectivity index (χ0n) is 40.7. The van der Waals surface area contributed by atoms with Crippen molar-refractivity contribution in [3.63, 3.8) is 0 Å². The van der Waals surface area contributed by atoms with Crippen molar-refractivity contribution in [3.8, 4) is 39.5 Å². The van der Waals surface area contributed by atoms with E-state index >= 15 is 0 Å². The molecule has 0 fully saturated rings.